The van der Waals surface area contributed by atoms with Crippen molar-refractivity contribution in [3.05, 3.63) is 29.8 Å². The third-order valence-electron chi connectivity index (χ3n) is 3.93. The van der Waals surface area contributed by atoms with Gasteiger partial charge in [-0.05, 0) is 50.7 Å². The maximum absolute atomic E-state index is 12.7. The number of halogens is 1. The lowest BCUT2D eigenvalue weighted by atomic mass is 10.1. The molecule has 0 aliphatic carbocycles. The van der Waals surface area contributed by atoms with Crippen molar-refractivity contribution in [1.29, 1.82) is 0 Å². The molecule has 1 aliphatic rings. The van der Waals surface area contributed by atoms with Crippen molar-refractivity contribution in [3.8, 4) is 0 Å². The molecule has 4 nitrogen and oxygen atoms in total. The van der Waals surface area contributed by atoms with Gasteiger partial charge in [-0.2, -0.15) is 4.31 Å². The highest BCUT2D eigenvalue weighted by atomic mass is 35.5. The number of rotatable bonds is 4. The lowest BCUT2D eigenvalue weighted by Crippen LogP contribution is -2.44. The molecule has 1 aliphatic heterocycles. The van der Waals surface area contributed by atoms with Crippen LogP contribution in [-0.2, 0) is 15.9 Å². The van der Waals surface area contributed by atoms with E-state index in [0.29, 0.717) is 10.8 Å². The summed E-state index contributed by atoms with van der Waals surface area (Å²) in [7, 11) is 0.311. The van der Waals surface area contributed by atoms with E-state index in [2.05, 4.69) is 11.9 Å². The van der Waals surface area contributed by atoms with Crippen molar-refractivity contribution in [2.24, 2.45) is 0 Å². The van der Waals surface area contributed by atoms with Crippen LogP contribution in [0, 0.1) is 0 Å². The molecule has 1 fully saturated rings. The van der Waals surface area contributed by atoms with Gasteiger partial charge in [0.05, 0.1) is 4.90 Å². The summed E-state index contributed by atoms with van der Waals surface area (Å²) in [6, 6.07) is 6.95. The molecule has 0 saturated carbocycles. The quantitative estimate of drug-likeness (QED) is 0.799. The number of sulfonamides is 1. The summed E-state index contributed by atoms with van der Waals surface area (Å²) in [4.78, 5) is 2.56. The largest absolute Gasteiger partial charge is 0.306 e. The number of benzene rings is 1. The van der Waals surface area contributed by atoms with Gasteiger partial charge in [0.15, 0.2) is 0 Å². The Morgan fingerprint density at radius 2 is 2.00 bits per heavy atom. The Bertz CT molecular complexity index is 554. The van der Waals surface area contributed by atoms with Crippen molar-refractivity contribution in [3.63, 3.8) is 0 Å². The number of likely N-dealkylation sites (tertiary alicyclic amines) is 1. The molecule has 0 bridgehead atoms. The van der Waals surface area contributed by atoms with E-state index in [1.165, 1.54) is 4.31 Å². The number of hydrogen-bond donors (Lipinski definition) is 0. The summed E-state index contributed by atoms with van der Waals surface area (Å²) in [5.74, 6) is 0.321. The van der Waals surface area contributed by atoms with Gasteiger partial charge < -0.3 is 4.90 Å². The molecule has 1 saturated heterocycles. The molecule has 0 amide bonds. The monoisotopic (exact) mass is 316 g/mol. The first-order valence-corrected chi connectivity index (χ1v) is 8.74. The Morgan fingerprint density at radius 3 is 2.60 bits per heavy atom. The molecule has 1 aromatic carbocycles. The van der Waals surface area contributed by atoms with E-state index in [1.807, 2.05) is 6.07 Å². The fourth-order valence-corrected chi connectivity index (χ4v) is 4.16. The molecule has 0 atom stereocenters. The van der Waals surface area contributed by atoms with Crippen LogP contribution >= 0.6 is 11.6 Å². The number of nitrogens with zero attached hydrogens (tertiary/aromatic N) is 2. The van der Waals surface area contributed by atoms with Gasteiger partial charge in [-0.25, -0.2) is 8.42 Å². The normalized spacial score (nSPS) is 18.6. The van der Waals surface area contributed by atoms with Gasteiger partial charge in [-0.1, -0.05) is 12.1 Å². The summed E-state index contributed by atoms with van der Waals surface area (Å²) in [6.07, 6.45) is 1.75. The second kappa shape index (κ2) is 6.43. The molecule has 1 heterocycles. The standard InChI is InChI=1S/C14H21ClN2O2S/c1-16-8-6-13(7-9-16)17(2)20(18,19)14-5-3-4-12(10-14)11-15/h3-5,10,13H,6-9,11H2,1-2H3. The molecule has 20 heavy (non-hydrogen) atoms. The predicted molar refractivity (Wildman–Crippen MR) is 81.5 cm³/mol. The van der Waals surface area contributed by atoms with Crippen molar-refractivity contribution >= 4 is 21.6 Å². The first kappa shape index (κ1) is 15.8. The van der Waals surface area contributed by atoms with E-state index in [4.69, 9.17) is 11.6 Å². The van der Waals surface area contributed by atoms with Gasteiger partial charge in [0.1, 0.15) is 0 Å². The summed E-state index contributed by atoms with van der Waals surface area (Å²) in [5.41, 5.74) is 0.824. The highest BCUT2D eigenvalue weighted by Crippen LogP contribution is 2.23. The predicted octanol–water partition coefficient (Wildman–Crippen LogP) is 2.14. The van der Waals surface area contributed by atoms with E-state index >= 15 is 0 Å². The molecule has 112 valence electrons. The molecule has 0 spiro atoms. The Kier molecular flexibility index (Phi) is 5.07. The molecule has 0 aromatic heterocycles. The summed E-state index contributed by atoms with van der Waals surface area (Å²) < 4.78 is 26.8. The zero-order valence-corrected chi connectivity index (χ0v) is 13.5. The van der Waals surface area contributed by atoms with Crippen LogP contribution in [0.3, 0.4) is 0 Å². The molecule has 0 radical (unpaired) electrons. The minimum atomic E-state index is -3.43. The van der Waals surface area contributed by atoms with E-state index in [9.17, 15) is 8.42 Å². The van der Waals surface area contributed by atoms with Crippen LogP contribution in [0.4, 0.5) is 0 Å². The molecule has 6 heteroatoms. The van der Waals surface area contributed by atoms with Crippen LogP contribution in [0.5, 0.6) is 0 Å². The number of piperidine rings is 1. The number of hydrogen-bond acceptors (Lipinski definition) is 3. The molecular weight excluding hydrogens is 296 g/mol. The molecular formula is C14H21ClN2O2S. The van der Waals surface area contributed by atoms with Gasteiger partial charge in [0, 0.05) is 19.0 Å². The molecule has 2 rings (SSSR count). The topological polar surface area (TPSA) is 40.6 Å². The average molecular weight is 317 g/mol. The highest BCUT2D eigenvalue weighted by Gasteiger charge is 2.30. The SMILES string of the molecule is CN1CCC(N(C)S(=O)(=O)c2cccc(CCl)c2)CC1. The zero-order valence-electron chi connectivity index (χ0n) is 11.9. The van der Waals surface area contributed by atoms with Crippen molar-refractivity contribution < 1.29 is 8.42 Å². The number of alkyl halides is 1. The lowest BCUT2D eigenvalue weighted by molar-refractivity contribution is 0.197. The fraction of sp³-hybridized carbons (Fsp3) is 0.571. The zero-order chi connectivity index (χ0) is 14.8. The molecule has 1 aromatic rings. The van der Waals surface area contributed by atoms with Gasteiger partial charge in [0.2, 0.25) is 10.0 Å². The summed E-state index contributed by atoms with van der Waals surface area (Å²) >= 11 is 5.78. The van der Waals surface area contributed by atoms with E-state index < -0.39 is 10.0 Å². The maximum atomic E-state index is 12.7. The minimum Gasteiger partial charge on any atom is -0.306 e. The van der Waals surface area contributed by atoms with Crippen LogP contribution in [0.1, 0.15) is 18.4 Å². The van der Waals surface area contributed by atoms with E-state index in [-0.39, 0.29) is 6.04 Å². The Hall–Kier alpha value is -0.620. The smallest absolute Gasteiger partial charge is 0.243 e. The van der Waals surface area contributed by atoms with Crippen molar-refractivity contribution in [2.45, 2.75) is 29.7 Å². The van der Waals surface area contributed by atoms with Crippen LogP contribution in [-0.4, -0.2) is 50.8 Å². The molecule has 0 unspecified atom stereocenters. The second-order valence-electron chi connectivity index (χ2n) is 5.34. The fourth-order valence-electron chi connectivity index (χ4n) is 2.51. The highest BCUT2D eigenvalue weighted by molar-refractivity contribution is 7.89. The van der Waals surface area contributed by atoms with E-state index in [0.717, 1.165) is 31.5 Å². The van der Waals surface area contributed by atoms with Crippen molar-refractivity contribution in [1.82, 2.24) is 9.21 Å². The summed E-state index contributed by atoms with van der Waals surface area (Å²) in [5, 5.41) is 0. The molecule has 0 N–H and O–H groups in total. The van der Waals surface area contributed by atoms with Crippen LogP contribution in [0.2, 0.25) is 0 Å². The van der Waals surface area contributed by atoms with Gasteiger partial charge in [-0.3, -0.25) is 0 Å². The minimum absolute atomic E-state index is 0.0795. The van der Waals surface area contributed by atoms with Crippen molar-refractivity contribution in [2.75, 3.05) is 27.2 Å². The third-order valence-corrected chi connectivity index (χ3v) is 6.15. The lowest BCUT2D eigenvalue weighted by Gasteiger charge is -2.34. The Labute approximate surface area is 126 Å². The maximum Gasteiger partial charge on any atom is 0.243 e. The third kappa shape index (κ3) is 3.34. The van der Waals surface area contributed by atoms with Gasteiger partial charge >= 0.3 is 0 Å². The van der Waals surface area contributed by atoms with Crippen LogP contribution < -0.4 is 0 Å². The van der Waals surface area contributed by atoms with E-state index in [1.54, 1.807) is 25.2 Å². The average Bonchev–Trinajstić information content (AvgIpc) is 2.47. The first-order chi connectivity index (χ1) is 9.45. The Balaban J connectivity index is 2.20. The van der Waals surface area contributed by atoms with Gasteiger partial charge in [0.25, 0.3) is 0 Å². The van der Waals surface area contributed by atoms with Crippen LogP contribution in [0.25, 0.3) is 0 Å². The Morgan fingerprint density at radius 1 is 1.35 bits per heavy atom. The van der Waals surface area contributed by atoms with Gasteiger partial charge in [-0.15, -0.1) is 11.6 Å². The second-order valence-corrected chi connectivity index (χ2v) is 7.60. The first-order valence-electron chi connectivity index (χ1n) is 6.76. The van der Waals surface area contributed by atoms with Crippen LogP contribution in [0.15, 0.2) is 29.2 Å². The summed E-state index contributed by atoms with van der Waals surface area (Å²) in [6.45, 7) is 1.87.